The molecule has 10 nitrogen and oxygen atoms in total. The minimum absolute atomic E-state index is 0.0401. The Balaban J connectivity index is 1.80. The molecule has 2 aromatic carbocycles. The van der Waals surface area contributed by atoms with Gasteiger partial charge in [0.05, 0.1) is 10.3 Å². The van der Waals surface area contributed by atoms with Crippen molar-refractivity contribution in [3.63, 3.8) is 0 Å². The number of nitro benzene ring substituents is 1. The van der Waals surface area contributed by atoms with Gasteiger partial charge in [-0.15, -0.1) is 0 Å². The summed E-state index contributed by atoms with van der Waals surface area (Å²) < 4.78 is 19.5. The number of nitrogens with zero attached hydrogens (tertiary/aromatic N) is 3. The number of aryl methyl sites for hydroxylation is 1. The number of esters is 1. The summed E-state index contributed by atoms with van der Waals surface area (Å²) in [5, 5.41) is 17.6. The van der Waals surface area contributed by atoms with Crippen molar-refractivity contribution in [2.45, 2.75) is 13.0 Å². The van der Waals surface area contributed by atoms with Gasteiger partial charge in [-0.05, 0) is 25.1 Å². The van der Waals surface area contributed by atoms with Gasteiger partial charge in [0.1, 0.15) is 0 Å². The molecule has 0 aliphatic heterocycles. The van der Waals surface area contributed by atoms with E-state index in [1.165, 1.54) is 26.1 Å². The van der Waals surface area contributed by atoms with Crippen molar-refractivity contribution in [2.24, 2.45) is 7.05 Å². The normalized spacial score (nSPS) is 11.7. The highest BCUT2D eigenvalue weighted by Gasteiger charge is 2.24. The van der Waals surface area contributed by atoms with Gasteiger partial charge in [0, 0.05) is 24.2 Å². The van der Waals surface area contributed by atoms with Gasteiger partial charge < -0.3 is 10.1 Å². The number of halogens is 1. The molecule has 0 radical (unpaired) electrons. The molecule has 154 valence electrons. The molecule has 0 bridgehead atoms. The molecule has 0 saturated carbocycles. The molecule has 1 amide bonds. The van der Waals surface area contributed by atoms with Gasteiger partial charge in [-0.2, -0.15) is 9.49 Å². The van der Waals surface area contributed by atoms with Gasteiger partial charge >= 0.3 is 11.7 Å². The largest absolute Gasteiger partial charge is 0.448 e. The van der Waals surface area contributed by atoms with Crippen LogP contribution in [-0.2, 0) is 16.6 Å². The van der Waals surface area contributed by atoms with Crippen molar-refractivity contribution in [1.29, 1.82) is 0 Å². The lowest BCUT2D eigenvalue weighted by atomic mass is 10.1. The number of nitrogens with one attached hydrogen (secondary N) is 1. The first kappa shape index (κ1) is 20.6. The molecule has 0 unspecified atom stereocenters. The Morgan fingerprint density at radius 1 is 1.23 bits per heavy atom. The molecule has 0 saturated heterocycles. The molecule has 1 atom stereocenters. The van der Waals surface area contributed by atoms with Gasteiger partial charge in [-0.25, -0.2) is 9.48 Å². The van der Waals surface area contributed by atoms with Crippen molar-refractivity contribution >= 4 is 34.0 Å². The number of hydrogen-bond donors (Lipinski definition) is 1. The Morgan fingerprint density at radius 2 is 1.90 bits per heavy atom. The van der Waals surface area contributed by atoms with E-state index in [0.29, 0.717) is 0 Å². The fraction of sp³-hybridized carbons (Fsp3) is 0.158. The van der Waals surface area contributed by atoms with Crippen LogP contribution in [0.3, 0.4) is 0 Å². The summed E-state index contributed by atoms with van der Waals surface area (Å²) in [6.45, 7) is 1.29. The van der Waals surface area contributed by atoms with Gasteiger partial charge in [-0.1, -0.05) is 18.2 Å². The molecule has 30 heavy (non-hydrogen) atoms. The third-order valence-electron chi connectivity index (χ3n) is 4.21. The predicted molar refractivity (Wildman–Crippen MR) is 104 cm³/mol. The number of nitro groups is 1. The molecular weight excluding hydrogens is 399 g/mol. The van der Waals surface area contributed by atoms with Crippen molar-refractivity contribution in [3.8, 4) is 0 Å². The lowest BCUT2D eigenvalue weighted by Crippen LogP contribution is -2.31. The average molecular weight is 414 g/mol. The standard InChI is InChI=1S/C19H15FN4O6/c1-10(17(25)21-11-7-8-14(20)15(9-11)24(28)29)30-19(27)16-12-5-3-4-6-13(12)18(26)23(2)22-16/h3-10H,1-2H3,(H,21,25)/t10-/m1/s1. The third kappa shape index (κ3) is 3.99. The molecule has 0 aliphatic carbocycles. The second kappa shape index (κ2) is 8.07. The predicted octanol–water partition coefficient (Wildman–Crippen LogP) is 2.16. The molecular formula is C19H15FN4O6. The van der Waals surface area contributed by atoms with Crippen molar-refractivity contribution in [1.82, 2.24) is 9.78 Å². The van der Waals surface area contributed by atoms with Crippen LogP contribution in [0.2, 0.25) is 0 Å². The number of aromatic nitrogens is 2. The van der Waals surface area contributed by atoms with E-state index in [0.717, 1.165) is 22.9 Å². The molecule has 0 spiro atoms. The van der Waals surface area contributed by atoms with E-state index in [2.05, 4.69) is 10.4 Å². The van der Waals surface area contributed by atoms with Crippen LogP contribution >= 0.6 is 0 Å². The summed E-state index contributed by atoms with van der Waals surface area (Å²) in [6.07, 6.45) is -1.31. The fourth-order valence-electron chi connectivity index (χ4n) is 2.69. The number of amides is 1. The quantitative estimate of drug-likeness (QED) is 0.384. The Kier molecular flexibility index (Phi) is 5.54. The van der Waals surface area contributed by atoms with Gasteiger partial charge in [0.2, 0.25) is 5.82 Å². The highest BCUT2D eigenvalue weighted by atomic mass is 19.1. The SMILES string of the molecule is C[C@@H](OC(=O)c1nn(C)c(=O)c2ccccc12)C(=O)Nc1ccc(F)c([N+](=O)[O-])c1. The average Bonchev–Trinajstić information content (AvgIpc) is 2.71. The van der Waals surface area contributed by atoms with Crippen LogP contribution in [-0.4, -0.2) is 32.7 Å². The summed E-state index contributed by atoms with van der Waals surface area (Å²) >= 11 is 0. The van der Waals surface area contributed by atoms with E-state index in [4.69, 9.17) is 4.74 Å². The number of benzene rings is 2. The Hall–Kier alpha value is -4.15. The Morgan fingerprint density at radius 3 is 2.57 bits per heavy atom. The summed E-state index contributed by atoms with van der Waals surface area (Å²) in [5.41, 5.74) is -1.39. The molecule has 1 N–H and O–H groups in total. The van der Waals surface area contributed by atoms with E-state index >= 15 is 0 Å². The molecule has 1 heterocycles. The lowest BCUT2D eigenvalue weighted by Gasteiger charge is -2.14. The van der Waals surface area contributed by atoms with Crippen molar-refractivity contribution < 1.29 is 23.6 Å². The number of carbonyl (C=O) groups is 2. The highest BCUT2D eigenvalue weighted by molar-refractivity contribution is 6.03. The summed E-state index contributed by atoms with van der Waals surface area (Å²) in [5.74, 6) is -2.78. The summed E-state index contributed by atoms with van der Waals surface area (Å²) in [7, 11) is 1.38. The van der Waals surface area contributed by atoms with Gasteiger partial charge in [0.15, 0.2) is 11.8 Å². The number of anilines is 1. The van der Waals surface area contributed by atoms with Crippen LogP contribution in [0.1, 0.15) is 17.4 Å². The lowest BCUT2D eigenvalue weighted by molar-refractivity contribution is -0.387. The number of hydrogen-bond acceptors (Lipinski definition) is 7. The monoisotopic (exact) mass is 414 g/mol. The zero-order valence-electron chi connectivity index (χ0n) is 15.8. The maximum atomic E-state index is 13.4. The number of fused-ring (bicyclic) bond motifs is 1. The molecule has 1 aromatic heterocycles. The van der Waals surface area contributed by atoms with Gasteiger partial charge in [0.25, 0.3) is 11.5 Å². The second-order valence-electron chi connectivity index (χ2n) is 6.28. The van der Waals surface area contributed by atoms with Crippen LogP contribution in [0.5, 0.6) is 0 Å². The third-order valence-corrected chi connectivity index (χ3v) is 4.21. The van der Waals surface area contributed by atoms with Crippen LogP contribution in [0.25, 0.3) is 10.8 Å². The van der Waals surface area contributed by atoms with Crippen LogP contribution in [0.15, 0.2) is 47.3 Å². The smallest absolute Gasteiger partial charge is 0.360 e. The molecule has 3 rings (SSSR count). The summed E-state index contributed by atoms with van der Waals surface area (Å²) in [4.78, 5) is 46.9. The zero-order valence-corrected chi connectivity index (χ0v) is 15.8. The molecule has 0 fully saturated rings. The Labute approximate surface area is 168 Å². The van der Waals surface area contributed by atoms with E-state index in [-0.39, 0.29) is 22.2 Å². The van der Waals surface area contributed by atoms with Crippen molar-refractivity contribution in [2.75, 3.05) is 5.32 Å². The van der Waals surface area contributed by atoms with Crippen LogP contribution < -0.4 is 10.9 Å². The maximum Gasteiger partial charge on any atom is 0.360 e. The van der Waals surface area contributed by atoms with E-state index in [1.807, 2.05) is 0 Å². The first-order valence-corrected chi connectivity index (χ1v) is 8.61. The highest BCUT2D eigenvalue weighted by Crippen LogP contribution is 2.22. The number of carbonyl (C=O) groups excluding carboxylic acids is 2. The molecule has 11 heteroatoms. The number of rotatable bonds is 5. The first-order chi connectivity index (χ1) is 14.2. The maximum absolute atomic E-state index is 13.4. The topological polar surface area (TPSA) is 133 Å². The second-order valence-corrected chi connectivity index (χ2v) is 6.28. The van der Waals surface area contributed by atoms with Crippen LogP contribution in [0, 0.1) is 15.9 Å². The van der Waals surface area contributed by atoms with Crippen LogP contribution in [0.4, 0.5) is 15.8 Å². The first-order valence-electron chi connectivity index (χ1n) is 8.61. The van der Waals surface area contributed by atoms with Crippen molar-refractivity contribution in [3.05, 3.63) is 74.4 Å². The fourth-order valence-corrected chi connectivity index (χ4v) is 2.69. The number of ether oxygens (including phenoxy) is 1. The minimum atomic E-state index is -1.31. The van der Waals surface area contributed by atoms with E-state index in [9.17, 15) is 28.9 Å². The van der Waals surface area contributed by atoms with E-state index in [1.54, 1.807) is 12.1 Å². The summed E-state index contributed by atoms with van der Waals surface area (Å²) in [6, 6.07) is 9.15. The molecule has 0 aliphatic rings. The minimum Gasteiger partial charge on any atom is -0.448 e. The van der Waals surface area contributed by atoms with E-state index < -0.39 is 40.0 Å². The van der Waals surface area contributed by atoms with Gasteiger partial charge in [-0.3, -0.25) is 19.7 Å². The molecule has 3 aromatic rings. The Bertz CT molecular complexity index is 1240. The zero-order chi connectivity index (χ0) is 22.0.